The van der Waals surface area contributed by atoms with Crippen LogP contribution in [0.15, 0.2) is 17.5 Å². The zero-order valence-electron chi connectivity index (χ0n) is 10.9. The van der Waals surface area contributed by atoms with E-state index in [2.05, 4.69) is 10.6 Å². The van der Waals surface area contributed by atoms with Crippen LogP contribution in [0, 0.1) is 0 Å². The Morgan fingerprint density at radius 3 is 2.63 bits per heavy atom. The molecule has 0 aromatic carbocycles. The molecule has 1 aromatic heterocycles. The van der Waals surface area contributed by atoms with Crippen LogP contribution in [-0.2, 0) is 11.2 Å². The highest BCUT2D eigenvalue weighted by Crippen LogP contribution is 2.07. The average Bonchev–Trinajstić information content (AvgIpc) is 2.86. The SMILES string of the molecule is O=C(O)CCCCCNC(=O)NCCc1cccs1. The molecule has 5 nitrogen and oxygen atoms in total. The van der Waals surface area contributed by atoms with Crippen molar-refractivity contribution in [3.05, 3.63) is 22.4 Å². The Kier molecular flexibility index (Phi) is 7.65. The predicted molar refractivity (Wildman–Crippen MR) is 75.5 cm³/mol. The Morgan fingerprint density at radius 2 is 1.95 bits per heavy atom. The molecular weight excluding hydrogens is 264 g/mol. The number of hydrogen-bond donors (Lipinski definition) is 3. The molecule has 0 aliphatic carbocycles. The van der Waals surface area contributed by atoms with Gasteiger partial charge in [-0.2, -0.15) is 0 Å². The van der Waals surface area contributed by atoms with E-state index in [9.17, 15) is 9.59 Å². The minimum absolute atomic E-state index is 0.158. The highest BCUT2D eigenvalue weighted by molar-refractivity contribution is 7.09. The molecule has 0 aliphatic rings. The van der Waals surface area contributed by atoms with E-state index in [4.69, 9.17) is 5.11 Å². The highest BCUT2D eigenvalue weighted by Gasteiger charge is 2.00. The van der Waals surface area contributed by atoms with Gasteiger partial charge in [0.15, 0.2) is 0 Å². The normalized spacial score (nSPS) is 10.1. The number of carboxylic acid groups (broad SMARTS) is 1. The topological polar surface area (TPSA) is 78.4 Å². The number of aliphatic carboxylic acids is 1. The van der Waals surface area contributed by atoms with Crippen molar-refractivity contribution in [2.24, 2.45) is 0 Å². The lowest BCUT2D eigenvalue weighted by Crippen LogP contribution is -2.37. The van der Waals surface area contributed by atoms with E-state index in [0.717, 1.165) is 19.3 Å². The molecule has 0 spiro atoms. The Labute approximate surface area is 117 Å². The van der Waals surface area contributed by atoms with Crippen LogP contribution >= 0.6 is 11.3 Å². The molecule has 0 saturated carbocycles. The maximum absolute atomic E-state index is 11.4. The molecule has 6 heteroatoms. The predicted octanol–water partition coefficient (Wildman–Crippen LogP) is 2.23. The second kappa shape index (κ2) is 9.38. The van der Waals surface area contributed by atoms with Crippen molar-refractivity contribution in [1.82, 2.24) is 10.6 Å². The van der Waals surface area contributed by atoms with E-state index in [-0.39, 0.29) is 12.5 Å². The molecule has 1 rings (SSSR count). The third kappa shape index (κ3) is 8.20. The van der Waals surface area contributed by atoms with E-state index in [1.54, 1.807) is 11.3 Å². The first-order valence-corrected chi connectivity index (χ1v) is 7.32. The second-order valence-corrected chi connectivity index (χ2v) is 5.25. The van der Waals surface area contributed by atoms with Crippen LogP contribution in [0.4, 0.5) is 4.79 Å². The van der Waals surface area contributed by atoms with Crippen molar-refractivity contribution >= 4 is 23.3 Å². The van der Waals surface area contributed by atoms with Crippen LogP contribution in [0.3, 0.4) is 0 Å². The van der Waals surface area contributed by atoms with E-state index in [1.165, 1.54) is 4.88 Å². The van der Waals surface area contributed by atoms with E-state index >= 15 is 0 Å². The van der Waals surface area contributed by atoms with Crippen molar-refractivity contribution in [2.75, 3.05) is 13.1 Å². The van der Waals surface area contributed by atoms with Crippen LogP contribution in [-0.4, -0.2) is 30.2 Å². The number of thiophene rings is 1. The summed E-state index contributed by atoms with van der Waals surface area (Å²) in [5, 5.41) is 16.0. The van der Waals surface area contributed by atoms with Gasteiger partial charge in [-0.25, -0.2) is 4.79 Å². The minimum atomic E-state index is -0.765. The van der Waals surface area contributed by atoms with Crippen LogP contribution in [0.2, 0.25) is 0 Å². The third-order valence-electron chi connectivity index (χ3n) is 2.59. The molecule has 0 radical (unpaired) electrons. The summed E-state index contributed by atoms with van der Waals surface area (Å²) in [5.74, 6) is -0.765. The lowest BCUT2D eigenvalue weighted by Gasteiger charge is -2.06. The lowest BCUT2D eigenvalue weighted by molar-refractivity contribution is -0.137. The Morgan fingerprint density at radius 1 is 1.16 bits per heavy atom. The smallest absolute Gasteiger partial charge is 0.314 e. The van der Waals surface area contributed by atoms with Gasteiger partial charge >= 0.3 is 12.0 Å². The molecule has 19 heavy (non-hydrogen) atoms. The summed E-state index contributed by atoms with van der Waals surface area (Å²) in [4.78, 5) is 22.9. The van der Waals surface area contributed by atoms with E-state index < -0.39 is 5.97 Å². The number of carbonyl (C=O) groups is 2. The quantitative estimate of drug-likeness (QED) is 0.608. The summed E-state index contributed by atoms with van der Waals surface area (Å²) >= 11 is 1.68. The summed E-state index contributed by atoms with van der Waals surface area (Å²) in [6, 6.07) is 3.89. The molecule has 1 heterocycles. The first-order chi connectivity index (χ1) is 9.18. The molecule has 3 N–H and O–H groups in total. The fourth-order valence-electron chi connectivity index (χ4n) is 1.60. The number of rotatable bonds is 9. The number of carbonyl (C=O) groups excluding carboxylic acids is 1. The Hall–Kier alpha value is -1.56. The molecular formula is C13H20N2O3S. The zero-order valence-corrected chi connectivity index (χ0v) is 11.7. The third-order valence-corrected chi connectivity index (χ3v) is 3.53. The molecule has 0 atom stereocenters. The van der Waals surface area contributed by atoms with Gasteiger partial charge in [0.1, 0.15) is 0 Å². The van der Waals surface area contributed by atoms with Gasteiger partial charge in [-0.3, -0.25) is 4.79 Å². The number of carboxylic acids is 1. The molecule has 1 aromatic rings. The van der Waals surface area contributed by atoms with Crippen molar-refractivity contribution in [2.45, 2.75) is 32.1 Å². The molecule has 0 saturated heterocycles. The van der Waals surface area contributed by atoms with Gasteiger partial charge in [-0.15, -0.1) is 11.3 Å². The van der Waals surface area contributed by atoms with Gasteiger partial charge in [-0.05, 0) is 30.7 Å². The van der Waals surface area contributed by atoms with Gasteiger partial charge < -0.3 is 15.7 Å². The molecule has 0 bridgehead atoms. The van der Waals surface area contributed by atoms with Crippen molar-refractivity contribution in [3.8, 4) is 0 Å². The van der Waals surface area contributed by atoms with Crippen LogP contribution in [0.5, 0.6) is 0 Å². The first-order valence-electron chi connectivity index (χ1n) is 6.44. The fraction of sp³-hybridized carbons (Fsp3) is 0.538. The summed E-state index contributed by atoms with van der Waals surface area (Å²) in [6.45, 7) is 1.22. The van der Waals surface area contributed by atoms with Gasteiger partial charge in [0.2, 0.25) is 0 Å². The Balaban J connectivity index is 1.92. The standard InChI is InChI=1S/C13H20N2O3S/c16-12(17)6-2-1-3-8-14-13(18)15-9-7-11-5-4-10-19-11/h4-5,10H,1-3,6-9H2,(H,16,17)(H2,14,15,18). The lowest BCUT2D eigenvalue weighted by atomic mass is 10.2. The maximum Gasteiger partial charge on any atom is 0.314 e. The fourth-order valence-corrected chi connectivity index (χ4v) is 2.31. The molecule has 0 unspecified atom stereocenters. The highest BCUT2D eigenvalue weighted by atomic mass is 32.1. The first kappa shape index (κ1) is 15.5. The summed E-state index contributed by atoms with van der Waals surface area (Å²) in [7, 11) is 0. The van der Waals surface area contributed by atoms with Crippen LogP contribution < -0.4 is 10.6 Å². The molecule has 106 valence electrons. The largest absolute Gasteiger partial charge is 0.481 e. The van der Waals surface area contributed by atoms with Crippen molar-refractivity contribution < 1.29 is 14.7 Å². The summed E-state index contributed by atoms with van der Waals surface area (Å²) in [5.41, 5.74) is 0. The van der Waals surface area contributed by atoms with Gasteiger partial charge in [0, 0.05) is 24.4 Å². The number of unbranched alkanes of at least 4 members (excludes halogenated alkanes) is 2. The van der Waals surface area contributed by atoms with Gasteiger partial charge in [-0.1, -0.05) is 12.5 Å². The molecule has 0 fully saturated rings. The number of hydrogen-bond acceptors (Lipinski definition) is 3. The maximum atomic E-state index is 11.4. The van der Waals surface area contributed by atoms with Gasteiger partial charge in [0.25, 0.3) is 0 Å². The summed E-state index contributed by atoms with van der Waals surface area (Å²) in [6.07, 6.45) is 3.35. The van der Waals surface area contributed by atoms with E-state index in [1.807, 2.05) is 17.5 Å². The van der Waals surface area contributed by atoms with E-state index in [0.29, 0.717) is 19.5 Å². The number of urea groups is 1. The number of nitrogens with one attached hydrogen (secondary N) is 2. The average molecular weight is 284 g/mol. The van der Waals surface area contributed by atoms with Crippen molar-refractivity contribution in [3.63, 3.8) is 0 Å². The second-order valence-electron chi connectivity index (χ2n) is 4.22. The Bertz CT molecular complexity index is 379. The molecule has 0 aliphatic heterocycles. The zero-order chi connectivity index (χ0) is 13.9. The number of amides is 2. The summed E-state index contributed by atoms with van der Waals surface area (Å²) < 4.78 is 0. The molecule has 2 amide bonds. The van der Waals surface area contributed by atoms with Crippen LogP contribution in [0.25, 0.3) is 0 Å². The van der Waals surface area contributed by atoms with Crippen molar-refractivity contribution in [1.29, 1.82) is 0 Å². The van der Waals surface area contributed by atoms with Crippen LogP contribution in [0.1, 0.15) is 30.6 Å². The van der Waals surface area contributed by atoms with Gasteiger partial charge in [0.05, 0.1) is 0 Å². The monoisotopic (exact) mass is 284 g/mol. The minimum Gasteiger partial charge on any atom is -0.481 e.